The van der Waals surface area contributed by atoms with E-state index in [0.29, 0.717) is 5.69 Å². The second-order valence-electron chi connectivity index (χ2n) is 5.44. The number of hydrogen-bond donors (Lipinski definition) is 0. The summed E-state index contributed by atoms with van der Waals surface area (Å²) in [5.74, 6) is -0.834. The lowest BCUT2D eigenvalue weighted by Crippen LogP contribution is -2.27. The van der Waals surface area contributed by atoms with E-state index < -0.39 is 22.0 Å². The van der Waals surface area contributed by atoms with Crippen LogP contribution in [0.25, 0.3) is 11.8 Å². The van der Waals surface area contributed by atoms with Gasteiger partial charge in [0.05, 0.1) is 23.0 Å². The highest BCUT2D eigenvalue weighted by molar-refractivity contribution is 8.19. The summed E-state index contributed by atoms with van der Waals surface area (Å²) in [6.45, 7) is 0. The highest BCUT2D eigenvalue weighted by atomic mass is 32.2. The average Bonchev–Trinajstić information content (AvgIpc) is 3.38. The molecule has 0 atom stereocenters. The van der Waals surface area contributed by atoms with E-state index in [0.717, 1.165) is 22.3 Å². The van der Waals surface area contributed by atoms with Crippen molar-refractivity contribution < 1.29 is 18.9 Å². The fourth-order valence-electron chi connectivity index (χ4n) is 2.54. The lowest BCUT2D eigenvalue weighted by Gasteiger charge is -2.14. The monoisotopic (exact) mass is 382 g/mol. The molecule has 2 amide bonds. The van der Waals surface area contributed by atoms with Crippen molar-refractivity contribution in [2.75, 3.05) is 4.90 Å². The van der Waals surface area contributed by atoms with E-state index in [2.05, 4.69) is 4.98 Å². The average molecular weight is 382 g/mol. The molecule has 3 heterocycles. The standard InChI is InChI=1S/C17H10N4O5S/c22-16-14(9-13-4-5-15(26-13)21(24)25)27-17(23)20(16)12-3-1-2-11(8-12)19-7-6-18-10-19/h1-10H/b14-9-. The third kappa shape index (κ3) is 3.13. The predicted octanol–water partition coefficient (Wildman–Crippen LogP) is 3.61. The van der Waals surface area contributed by atoms with Crippen molar-refractivity contribution in [2.45, 2.75) is 0 Å². The Hall–Kier alpha value is -3.66. The van der Waals surface area contributed by atoms with E-state index in [1.807, 2.05) is 6.07 Å². The number of aromatic nitrogens is 2. The summed E-state index contributed by atoms with van der Waals surface area (Å²) in [5.41, 5.74) is 1.16. The number of furan rings is 1. The first kappa shape index (κ1) is 16.8. The van der Waals surface area contributed by atoms with Crippen LogP contribution in [0.3, 0.4) is 0 Å². The normalized spacial score (nSPS) is 15.7. The quantitative estimate of drug-likeness (QED) is 0.385. The van der Waals surface area contributed by atoms with Crippen LogP contribution >= 0.6 is 11.8 Å². The van der Waals surface area contributed by atoms with Crippen LogP contribution < -0.4 is 4.90 Å². The Morgan fingerprint density at radius 2 is 2.00 bits per heavy atom. The summed E-state index contributed by atoms with van der Waals surface area (Å²) in [6.07, 6.45) is 6.29. The summed E-state index contributed by atoms with van der Waals surface area (Å²) >= 11 is 0.742. The van der Waals surface area contributed by atoms with Gasteiger partial charge in [0.25, 0.3) is 11.1 Å². The molecule has 0 bridgehead atoms. The zero-order chi connectivity index (χ0) is 19.0. The van der Waals surface area contributed by atoms with Gasteiger partial charge < -0.3 is 8.98 Å². The number of rotatable bonds is 4. The molecule has 1 saturated heterocycles. The Balaban J connectivity index is 1.64. The molecule has 1 aromatic carbocycles. The molecule has 134 valence electrons. The molecule has 0 saturated carbocycles. The Kier molecular flexibility index (Phi) is 4.09. The number of nitro groups is 1. The second-order valence-corrected chi connectivity index (χ2v) is 6.43. The van der Waals surface area contributed by atoms with E-state index in [9.17, 15) is 19.7 Å². The van der Waals surface area contributed by atoms with Crippen molar-refractivity contribution in [1.29, 1.82) is 0 Å². The fourth-order valence-corrected chi connectivity index (χ4v) is 3.36. The van der Waals surface area contributed by atoms with Gasteiger partial charge in [-0.05, 0) is 36.0 Å². The number of nitrogens with zero attached hydrogens (tertiary/aromatic N) is 4. The van der Waals surface area contributed by atoms with Crippen LogP contribution in [0.15, 0.2) is 64.4 Å². The fraction of sp³-hybridized carbons (Fsp3) is 0. The van der Waals surface area contributed by atoms with Crippen molar-refractivity contribution in [3.05, 3.63) is 75.9 Å². The molecule has 0 N–H and O–H groups in total. The van der Waals surface area contributed by atoms with Gasteiger partial charge in [-0.2, -0.15) is 0 Å². The highest BCUT2D eigenvalue weighted by Crippen LogP contribution is 2.36. The van der Waals surface area contributed by atoms with Gasteiger partial charge in [0.1, 0.15) is 10.7 Å². The molecular weight excluding hydrogens is 372 g/mol. The zero-order valence-corrected chi connectivity index (χ0v) is 14.3. The Bertz CT molecular complexity index is 1090. The molecule has 27 heavy (non-hydrogen) atoms. The van der Waals surface area contributed by atoms with Crippen molar-refractivity contribution >= 4 is 40.6 Å². The molecule has 1 fully saturated rings. The smallest absolute Gasteiger partial charge is 0.401 e. The van der Waals surface area contributed by atoms with Gasteiger partial charge in [-0.3, -0.25) is 19.7 Å². The van der Waals surface area contributed by atoms with Crippen LogP contribution in [0.5, 0.6) is 0 Å². The number of thioether (sulfide) groups is 1. The lowest BCUT2D eigenvalue weighted by atomic mass is 10.2. The third-order valence-corrected chi connectivity index (χ3v) is 4.62. The predicted molar refractivity (Wildman–Crippen MR) is 97.4 cm³/mol. The Morgan fingerprint density at radius 3 is 2.70 bits per heavy atom. The van der Waals surface area contributed by atoms with Crippen LogP contribution in [0.2, 0.25) is 0 Å². The minimum Gasteiger partial charge on any atom is -0.401 e. The molecule has 4 rings (SSSR count). The molecule has 3 aromatic rings. The van der Waals surface area contributed by atoms with Crippen LogP contribution in [-0.2, 0) is 4.79 Å². The van der Waals surface area contributed by atoms with Crippen molar-refractivity contribution in [3.8, 4) is 5.69 Å². The number of carbonyl (C=O) groups excluding carboxylic acids is 2. The first-order chi connectivity index (χ1) is 13.0. The maximum absolute atomic E-state index is 12.7. The number of imide groups is 1. The summed E-state index contributed by atoms with van der Waals surface area (Å²) in [7, 11) is 0. The molecule has 0 unspecified atom stereocenters. The molecule has 1 aliphatic heterocycles. The molecule has 9 nitrogen and oxygen atoms in total. The highest BCUT2D eigenvalue weighted by Gasteiger charge is 2.36. The molecular formula is C17H10N4O5S. The molecule has 0 aliphatic carbocycles. The van der Waals surface area contributed by atoms with Crippen LogP contribution in [0.4, 0.5) is 16.4 Å². The van der Waals surface area contributed by atoms with Crippen LogP contribution in [-0.4, -0.2) is 25.6 Å². The minimum absolute atomic E-state index is 0.122. The zero-order valence-electron chi connectivity index (χ0n) is 13.5. The van der Waals surface area contributed by atoms with Crippen LogP contribution in [0, 0.1) is 10.1 Å². The number of anilines is 1. The minimum atomic E-state index is -0.676. The first-order valence-electron chi connectivity index (χ1n) is 7.63. The number of hydrogen-bond acceptors (Lipinski definition) is 7. The molecule has 0 radical (unpaired) electrons. The summed E-state index contributed by atoms with van der Waals surface area (Å²) < 4.78 is 6.77. The topological polar surface area (TPSA) is 111 Å². The largest absolute Gasteiger partial charge is 0.433 e. The Morgan fingerprint density at radius 1 is 1.19 bits per heavy atom. The van der Waals surface area contributed by atoms with Gasteiger partial charge in [0.2, 0.25) is 0 Å². The van der Waals surface area contributed by atoms with E-state index in [-0.39, 0.29) is 10.7 Å². The van der Waals surface area contributed by atoms with E-state index >= 15 is 0 Å². The molecule has 0 spiro atoms. The lowest BCUT2D eigenvalue weighted by molar-refractivity contribution is -0.402. The molecule has 1 aliphatic rings. The molecule has 2 aromatic heterocycles. The summed E-state index contributed by atoms with van der Waals surface area (Å²) in [6, 6.07) is 9.45. The number of amides is 2. The van der Waals surface area contributed by atoms with Crippen molar-refractivity contribution in [1.82, 2.24) is 9.55 Å². The van der Waals surface area contributed by atoms with Gasteiger partial charge in [-0.1, -0.05) is 6.07 Å². The number of benzene rings is 1. The molecule has 10 heteroatoms. The number of carbonyl (C=O) groups is 2. The van der Waals surface area contributed by atoms with Gasteiger partial charge in [0, 0.05) is 24.2 Å². The first-order valence-corrected chi connectivity index (χ1v) is 8.45. The summed E-state index contributed by atoms with van der Waals surface area (Å²) in [5, 5.41) is 10.2. The van der Waals surface area contributed by atoms with Crippen molar-refractivity contribution in [3.63, 3.8) is 0 Å². The van der Waals surface area contributed by atoms with E-state index in [1.54, 1.807) is 41.5 Å². The van der Waals surface area contributed by atoms with Gasteiger partial charge in [0.15, 0.2) is 0 Å². The van der Waals surface area contributed by atoms with Crippen molar-refractivity contribution in [2.24, 2.45) is 0 Å². The summed E-state index contributed by atoms with van der Waals surface area (Å²) in [4.78, 5) is 40.2. The van der Waals surface area contributed by atoms with E-state index in [4.69, 9.17) is 4.42 Å². The maximum Gasteiger partial charge on any atom is 0.433 e. The van der Waals surface area contributed by atoms with Crippen LogP contribution in [0.1, 0.15) is 5.76 Å². The second kappa shape index (κ2) is 6.57. The van der Waals surface area contributed by atoms with Gasteiger partial charge >= 0.3 is 5.88 Å². The third-order valence-electron chi connectivity index (χ3n) is 3.75. The SMILES string of the molecule is O=C1S/C(=C\c2ccc([N+](=O)[O-])o2)C(=O)N1c1cccc(-n2ccnc2)c1. The maximum atomic E-state index is 12.7. The van der Waals surface area contributed by atoms with Gasteiger partial charge in [-0.15, -0.1) is 0 Å². The Labute approximate surface area is 156 Å². The number of imidazole rings is 1. The van der Waals surface area contributed by atoms with E-state index in [1.165, 1.54) is 18.2 Å². The van der Waals surface area contributed by atoms with Gasteiger partial charge in [-0.25, -0.2) is 9.88 Å².